The molecule has 0 saturated carbocycles. The molecule has 24 heavy (non-hydrogen) atoms. The molecule has 124 valence electrons. The predicted octanol–water partition coefficient (Wildman–Crippen LogP) is 1.49. The summed E-state index contributed by atoms with van der Waals surface area (Å²) in [7, 11) is 1.40. The Bertz CT molecular complexity index is 720. The van der Waals surface area contributed by atoms with Gasteiger partial charge in [-0.15, -0.1) is 0 Å². The Morgan fingerprint density at radius 1 is 1.38 bits per heavy atom. The fourth-order valence-electron chi connectivity index (χ4n) is 1.97. The first kappa shape index (κ1) is 17.2. The molecule has 1 heterocycles. The first-order valence-corrected chi connectivity index (χ1v) is 7.08. The molecule has 1 aromatic heterocycles. The number of nitrogens with zero attached hydrogens (tertiary/aromatic N) is 2. The molecule has 2 N–H and O–H groups in total. The Balaban J connectivity index is 2.09. The highest BCUT2D eigenvalue weighted by Gasteiger charge is 2.24. The third-order valence-electron chi connectivity index (χ3n) is 3.17. The van der Waals surface area contributed by atoms with Crippen molar-refractivity contribution in [3.8, 4) is 6.57 Å². The van der Waals surface area contributed by atoms with E-state index in [1.54, 1.807) is 30.5 Å². The number of esters is 1. The number of amides is 1. The molecule has 0 aliphatic rings. The van der Waals surface area contributed by atoms with Crippen LogP contribution in [0.15, 0.2) is 36.8 Å². The Hall–Kier alpha value is -3.18. The van der Waals surface area contributed by atoms with Gasteiger partial charge in [0.05, 0.1) is 6.33 Å². The zero-order chi connectivity index (χ0) is 17.4. The van der Waals surface area contributed by atoms with Crippen molar-refractivity contribution in [2.24, 2.45) is 0 Å². The van der Waals surface area contributed by atoms with Crippen molar-refractivity contribution < 1.29 is 19.1 Å². The van der Waals surface area contributed by atoms with Crippen molar-refractivity contribution in [1.82, 2.24) is 15.3 Å². The van der Waals surface area contributed by atoms with E-state index in [0.717, 1.165) is 0 Å². The monoisotopic (exact) mass is 329 g/mol. The molecule has 2 aromatic rings. The van der Waals surface area contributed by atoms with E-state index in [9.17, 15) is 9.59 Å². The second kappa shape index (κ2) is 8.45. The largest absolute Gasteiger partial charge is 0.437 e. The highest BCUT2D eigenvalue weighted by atomic mass is 16.7. The Morgan fingerprint density at radius 2 is 2.12 bits per heavy atom. The van der Waals surface area contributed by atoms with E-state index < -0.39 is 17.9 Å². The zero-order valence-corrected chi connectivity index (χ0v) is 13.1. The Kier molecular flexibility index (Phi) is 6.05. The summed E-state index contributed by atoms with van der Waals surface area (Å²) in [6.07, 6.45) is 3.27. The fraction of sp³-hybridized carbons (Fsp3) is 0.250. The molecular weight excluding hydrogens is 312 g/mol. The maximum atomic E-state index is 12.3. The molecule has 1 amide bonds. The van der Waals surface area contributed by atoms with E-state index in [1.807, 2.05) is 0 Å². The molecule has 2 rings (SSSR count). The van der Waals surface area contributed by atoms with Crippen LogP contribution < -0.4 is 5.32 Å². The number of hydrogen-bond acceptors (Lipinski definition) is 5. The summed E-state index contributed by atoms with van der Waals surface area (Å²) in [5.41, 5.74) is 1.60. The van der Waals surface area contributed by atoms with Gasteiger partial charge in [-0.05, 0) is 17.0 Å². The molecule has 0 aliphatic carbocycles. The van der Waals surface area contributed by atoms with Gasteiger partial charge in [-0.25, -0.2) is 9.78 Å². The van der Waals surface area contributed by atoms with Crippen LogP contribution >= 0.6 is 0 Å². The van der Waals surface area contributed by atoms with Gasteiger partial charge in [0.2, 0.25) is 0 Å². The fourth-order valence-corrected chi connectivity index (χ4v) is 1.97. The number of imidazole rings is 1. The lowest BCUT2D eigenvalue weighted by Gasteiger charge is -2.16. The van der Waals surface area contributed by atoms with Crippen molar-refractivity contribution in [2.45, 2.75) is 12.5 Å². The van der Waals surface area contributed by atoms with E-state index in [2.05, 4.69) is 20.1 Å². The van der Waals surface area contributed by atoms with Crippen molar-refractivity contribution in [2.75, 3.05) is 13.9 Å². The highest BCUT2D eigenvalue weighted by Crippen LogP contribution is 2.13. The van der Waals surface area contributed by atoms with Gasteiger partial charge in [-0.1, -0.05) is 0 Å². The van der Waals surface area contributed by atoms with Gasteiger partial charge in [0.1, 0.15) is 6.04 Å². The van der Waals surface area contributed by atoms with Gasteiger partial charge in [-0.3, -0.25) is 4.79 Å². The quantitative estimate of drug-likeness (QED) is 0.592. The summed E-state index contributed by atoms with van der Waals surface area (Å²) in [6.45, 7) is 4.97. The van der Waals surface area contributed by atoms with Crippen LogP contribution in [0, 0.1) is 6.57 Å². The third-order valence-corrected chi connectivity index (χ3v) is 3.17. The number of hydrogen-bond donors (Lipinski definition) is 2. The van der Waals surface area contributed by atoms with Crippen molar-refractivity contribution in [3.05, 3.63) is 52.9 Å². The number of carbonyl (C=O) groups excluding carboxylic acids is 2. The number of nitrogens with one attached hydrogen (secondary N) is 2. The number of benzene rings is 1. The first-order chi connectivity index (χ1) is 11.6. The first-order valence-electron chi connectivity index (χ1n) is 7.08. The number of aromatic nitrogens is 2. The topological polar surface area (TPSA) is 97.7 Å². The van der Waals surface area contributed by atoms with Crippen LogP contribution in [0.3, 0.4) is 0 Å². The molecule has 1 atom stereocenters. The van der Waals surface area contributed by atoms with Crippen LogP contribution in [0.5, 0.6) is 0 Å². The molecule has 8 nitrogen and oxygen atoms in total. The summed E-state index contributed by atoms with van der Waals surface area (Å²) in [4.78, 5) is 34.7. The molecule has 0 saturated heterocycles. The van der Waals surface area contributed by atoms with E-state index in [1.165, 1.54) is 13.4 Å². The van der Waals surface area contributed by atoms with Gasteiger partial charge in [0, 0.05) is 43.1 Å². The average molecular weight is 329 g/mol. The van der Waals surface area contributed by atoms with Gasteiger partial charge in [0.15, 0.2) is 6.79 Å². The molecule has 0 unspecified atom stereocenters. The number of rotatable bonds is 7. The molecule has 8 heteroatoms. The molecule has 1 aromatic carbocycles. The second-order valence-electron chi connectivity index (χ2n) is 4.85. The van der Waals surface area contributed by atoms with Crippen molar-refractivity contribution in [3.63, 3.8) is 0 Å². The summed E-state index contributed by atoms with van der Waals surface area (Å²) < 4.78 is 9.65. The lowest BCUT2D eigenvalue weighted by molar-refractivity contribution is -0.156. The lowest BCUT2D eigenvalue weighted by atomic mass is 10.1. The summed E-state index contributed by atoms with van der Waals surface area (Å²) in [5, 5.41) is 2.64. The molecule has 0 spiro atoms. The van der Waals surface area contributed by atoms with Crippen molar-refractivity contribution in [1.29, 1.82) is 0 Å². The van der Waals surface area contributed by atoms with Gasteiger partial charge < -0.3 is 19.8 Å². The van der Waals surface area contributed by atoms with E-state index >= 15 is 0 Å². The van der Waals surface area contributed by atoms with Gasteiger partial charge in [0.25, 0.3) is 12.5 Å². The van der Waals surface area contributed by atoms with Crippen LogP contribution in [0.2, 0.25) is 0 Å². The third kappa shape index (κ3) is 4.66. The molecular formula is C16H17N4O4+. The normalized spacial score (nSPS) is 11.3. The lowest BCUT2D eigenvalue weighted by Crippen LogP contribution is -2.43. The number of H-pyrrole nitrogens is 1. The van der Waals surface area contributed by atoms with Crippen LogP contribution in [0.4, 0.5) is 5.69 Å². The second-order valence-corrected chi connectivity index (χ2v) is 4.85. The number of aromatic amines is 1. The minimum atomic E-state index is -0.882. The standard InChI is InChI=1S/C16H16N4O4/c1-17-12-5-3-11(4-6-12)15(21)20-14(16(22)24-10-23-2)7-13-8-18-9-19-13/h1,3-6,8-9,14H,7,10H2,2H3,(H-,18,19,20,21)/p+1/t14-/m1/s1. The van der Waals surface area contributed by atoms with Crippen LogP contribution in [-0.4, -0.2) is 41.8 Å². The van der Waals surface area contributed by atoms with Gasteiger partial charge in [-0.2, -0.15) is 0 Å². The van der Waals surface area contributed by atoms with Crippen LogP contribution in [0.25, 0.3) is 4.85 Å². The molecule has 0 bridgehead atoms. The number of methoxy groups -OCH3 is 1. The Labute approximate surface area is 138 Å². The summed E-state index contributed by atoms with van der Waals surface area (Å²) >= 11 is 0. The summed E-state index contributed by atoms with van der Waals surface area (Å²) in [6, 6.07) is 5.44. The summed E-state index contributed by atoms with van der Waals surface area (Å²) in [5.74, 6) is -1.02. The van der Waals surface area contributed by atoms with E-state index in [0.29, 0.717) is 16.9 Å². The molecule has 0 aliphatic heterocycles. The van der Waals surface area contributed by atoms with Gasteiger partial charge >= 0.3 is 11.7 Å². The minimum absolute atomic E-state index is 0.194. The predicted molar refractivity (Wildman–Crippen MR) is 85.9 cm³/mol. The van der Waals surface area contributed by atoms with E-state index in [-0.39, 0.29) is 13.2 Å². The molecule has 0 radical (unpaired) electrons. The highest BCUT2D eigenvalue weighted by molar-refractivity contribution is 5.97. The SMILES string of the molecule is C#[N+]c1ccc(C(=O)N[C@H](Cc2cnc[nH]2)C(=O)OCOC)cc1. The maximum absolute atomic E-state index is 12.3. The molecule has 0 fully saturated rings. The Morgan fingerprint density at radius 3 is 2.71 bits per heavy atom. The van der Waals surface area contributed by atoms with E-state index in [4.69, 9.17) is 16.0 Å². The average Bonchev–Trinajstić information content (AvgIpc) is 3.12. The zero-order valence-electron chi connectivity index (χ0n) is 13.1. The smallest absolute Gasteiger partial charge is 0.339 e. The van der Waals surface area contributed by atoms with Crippen LogP contribution in [0.1, 0.15) is 16.1 Å². The number of ether oxygens (including phenoxy) is 2. The minimum Gasteiger partial charge on any atom is -0.437 e. The maximum Gasteiger partial charge on any atom is 0.339 e. The van der Waals surface area contributed by atoms with Crippen LogP contribution in [-0.2, 0) is 20.7 Å². The van der Waals surface area contributed by atoms with Crippen molar-refractivity contribution >= 4 is 17.6 Å². The number of carbonyl (C=O) groups is 2.